The molecule has 0 spiro atoms. The second-order valence-electron chi connectivity index (χ2n) is 4.64. The van der Waals surface area contributed by atoms with Gasteiger partial charge in [-0.2, -0.15) is 0 Å². The Labute approximate surface area is 114 Å². The van der Waals surface area contributed by atoms with Crippen LogP contribution in [0.4, 0.5) is 0 Å². The molecule has 1 N–H and O–H groups in total. The van der Waals surface area contributed by atoms with Crippen molar-refractivity contribution in [1.29, 1.82) is 0 Å². The number of alkyl halides is 1. The highest BCUT2D eigenvalue weighted by Crippen LogP contribution is 2.35. The summed E-state index contributed by atoms with van der Waals surface area (Å²) in [6, 6.07) is 9.09. The van der Waals surface area contributed by atoms with E-state index in [9.17, 15) is 9.90 Å². The number of hydrogen-bond donors (Lipinski definition) is 1. The fraction of sp³-hybridized carbons (Fsp3) is 0.533. The van der Waals surface area contributed by atoms with Gasteiger partial charge in [0.1, 0.15) is 0 Å². The highest BCUT2D eigenvalue weighted by Gasteiger charge is 2.37. The van der Waals surface area contributed by atoms with Gasteiger partial charge >= 0.3 is 5.97 Å². The quantitative estimate of drug-likeness (QED) is 0.554. The van der Waals surface area contributed by atoms with Crippen molar-refractivity contribution in [2.45, 2.75) is 50.3 Å². The molecule has 1 rings (SSSR count). The summed E-state index contributed by atoms with van der Waals surface area (Å²) >= 11 is 6.31. The van der Waals surface area contributed by atoms with Crippen molar-refractivity contribution in [1.82, 2.24) is 0 Å². The van der Waals surface area contributed by atoms with Gasteiger partial charge in [-0.05, 0) is 12.0 Å². The molecule has 100 valence electrons. The van der Waals surface area contributed by atoms with Crippen molar-refractivity contribution in [3.63, 3.8) is 0 Å². The van der Waals surface area contributed by atoms with Crippen LogP contribution in [0, 0.1) is 0 Å². The zero-order valence-corrected chi connectivity index (χ0v) is 11.6. The van der Waals surface area contributed by atoms with Crippen molar-refractivity contribution >= 4 is 17.6 Å². The molecule has 0 radical (unpaired) electrons. The van der Waals surface area contributed by atoms with E-state index in [4.69, 9.17) is 11.6 Å². The maximum atomic E-state index is 11.4. The van der Waals surface area contributed by atoms with Gasteiger partial charge in [-0.15, -0.1) is 11.6 Å². The second kappa shape index (κ2) is 7.42. The van der Waals surface area contributed by atoms with E-state index >= 15 is 0 Å². The largest absolute Gasteiger partial charge is 0.480 e. The number of rotatable bonds is 8. The molecule has 0 amide bonds. The first kappa shape index (κ1) is 15.0. The Kier molecular flexibility index (Phi) is 6.20. The Morgan fingerprint density at radius 1 is 1.17 bits per heavy atom. The van der Waals surface area contributed by atoms with Crippen LogP contribution >= 0.6 is 11.6 Å². The van der Waals surface area contributed by atoms with Gasteiger partial charge in [-0.3, -0.25) is 0 Å². The van der Waals surface area contributed by atoms with Gasteiger partial charge in [0.05, 0.1) is 0 Å². The molecule has 1 aromatic rings. The molecule has 0 bridgehead atoms. The zero-order valence-electron chi connectivity index (χ0n) is 10.9. The van der Waals surface area contributed by atoms with Gasteiger partial charge in [0.25, 0.3) is 0 Å². The third-order valence-electron chi connectivity index (χ3n) is 3.20. The Balaban J connectivity index is 2.62. The molecule has 0 aliphatic heterocycles. The zero-order chi connectivity index (χ0) is 13.4. The first-order valence-corrected chi connectivity index (χ1v) is 6.97. The summed E-state index contributed by atoms with van der Waals surface area (Å²) in [6.45, 7) is 2.16. The third-order valence-corrected chi connectivity index (χ3v) is 3.76. The minimum absolute atomic E-state index is 0.484. The number of hydrogen-bond acceptors (Lipinski definition) is 1. The van der Waals surface area contributed by atoms with Gasteiger partial charge in [-0.1, -0.05) is 69.4 Å². The fourth-order valence-electron chi connectivity index (χ4n) is 2.05. The smallest absolute Gasteiger partial charge is 0.329 e. The van der Waals surface area contributed by atoms with Gasteiger partial charge in [0.15, 0.2) is 4.87 Å². The van der Waals surface area contributed by atoms with Crippen LogP contribution in [0.1, 0.15) is 51.0 Å². The number of carboxylic acids is 1. The molecule has 0 aliphatic carbocycles. The molecule has 1 aromatic carbocycles. The predicted molar refractivity (Wildman–Crippen MR) is 75.0 cm³/mol. The summed E-state index contributed by atoms with van der Waals surface area (Å²) in [6.07, 6.45) is 5.92. The Bertz CT molecular complexity index is 364. The van der Waals surface area contributed by atoms with Crippen LogP contribution < -0.4 is 0 Å². The summed E-state index contributed by atoms with van der Waals surface area (Å²) in [4.78, 5) is 10.1. The molecule has 1 atom stereocenters. The molecular weight excluding hydrogens is 248 g/mol. The number of unbranched alkanes of at least 4 members (excludes halogenated alkanes) is 4. The molecule has 18 heavy (non-hydrogen) atoms. The van der Waals surface area contributed by atoms with E-state index in [1.54, 1.807) is 12.1 Å². The van der Waals surface area contributed by atoms with E-state index in [1.807, 2.05) is 18.2 Å². The van der Waals surface area contributed by atoms with Crippen LogP contribution in [0.25, 0.3) is 0 Å². The number of carboxylic acid groups (broad SMARTS) is 1. The number of carbonyl (C=O) groups is 1. The van der Waals surface area contributed by atoms with E-state index in [0.717, 1.165) is 19.3 Å². The monoisotopic (exact) mass is 268 g/mol. The van der Waals surface area contributed by atoms with Gasteiger partial charge < -0.3 is 5.11 Å². The third kappa shape index (κ3) is 4.02. The first-order valence-electron chi connectivity index (χ1n) is 6.59. The number of aliphatic carboxylic acids is 1. The Morgan fingerprint density at radius 3 is 2.33 bits per heavy atom. The van der Waals surface area contributed by atoms with E-state index in [0.29, 0.717) is 12.0 Å². The van der Waals surface area contributed by atoms with Gasteiger partial charge in [-0.25, -0.2) is 4.79 Å². The molecule has 1 unspecified atom stereocenters. The summed E-state index contributed by atoms with van der Waals surface area (Å²) in [5.41, 5.74) is 0.676. The lowest BCUT2D eigenvalue weighted by atomic mass is 9.92. The van der Waals surface area contributed by atoms with Crippen LogP contribution in [0.15, 0.2) is 30.3 Å². The van der Waals surface area contributed by atoms with Crippen LogP contribution in [0.5, 0.6) is 0 Å². The predicted octanol–water partition coefficient (Wildman–Crippen LogP) is 4.57. The van der Waals surface area contributed by atoms with Crippen molar-refractivity contribution in [3.05, 3.63) is 35.9 Å². The molecule has 0 aromatic heterocycles. The van der Waals surface area contributed by atoms with Crippen molar-refractivity contribution in [3.8, 4) is 0 Å². The highest BCUT2D eigenvalue weighted by molar-refractivity contribution is 6.33. The standard InChI is InChI=1S/C15H21ClO2/c1-2-3-4-5-9-12-15(16,14(17)18)13-10-7-6-8-11-13/h6-8,10-11H,2-5,9,12H2,1H3,(H,17,18). The topological polar surface area (TPSA) is 37.3 Å². The summed E-state index contributed by atoms with van der Waals surface area (Å²) in [5, 5.41) is 9.36. The lowest BCUT2D eigenvalue weighted by Gasteiger charge is -2.22. The molecule has 0 aliphatic rings. The highest BCUT2D eigenvalue weighted by atomic mass is 35.5. The molecule has 2 nitrogen and oxygen atoms in total. The van der Waals surface area contributed by atoms with Crippen molar-refractivity contribution in [2.75, 3.05) is 0 Å². The maximum Gasteiger partial charge on any atom is 0.329 e. The van der Waals surface area contributed by atoms with Crippen LogP contribution in [-0.4, -0.2) is 11.1 Å². The van der Waals surface area contributed by atoms with E-state index in [1.165, 1.54) is 12.8 Å². The fourth-order valence-corrected chi connectivity index (χ4v) is 2.31. The van der Waals surface area contributed by atoms with E-state index < -0.39 is 10.8 Å². The molecule has 0 saturated heterocycles. The lowest BCUT2D eigenvalue weighted by Crippen LogP contribution is -2.29. The van der Waals surface area contributed by atoms with E-state index in [2.05, 4.69) is 6.92 Å². The average molecular weight is 269 g/mol. The summed E-state index contributed by atoms with van der Waals surface area (Å²) < 4.78 is 0. The molecule has 0 fully saturated rings. The molecule has 3 heteroatoms. The van der Waals surface area contributed by atoms with Gasteiger partial charge in [0.2, 0.25) is 0 Å². The number of halogens is 1. The van der Waals surface area contributed by atoms with Crippen molar-refractivity contribution in [2.24, 2.45) is 0 Å². The molecular formula is C15H21ClO2. The van der Waals surface area contributed by atoms with Crippen LogP contribution in [0.3, 0.4) is 0 Å². The Morgan fingerprint density at radius 2 is 1.78 bits per heavy atom. The van der Waals surface area contributed by atoms with Crippen molar-refractivity contribution < 1.29 is 9.90 Å². The minimum atomic E-state index is -1.27. The maximum absolute atomic E-state index is 11.4. The van der Waals surface area contributed by atoms with E-state index in [-0.39, 0.29) is 0 Å². The SMILES string of the molecule is CCCCCCCC(Cl)(C(=O)O)c1ccccc1. The first-order chi connectivity index (χ1) is 8.61. The van der Waals surface area contributed by atoms with Crippen LogP contribution in [-0.2, 0) is 9.67 Å². The normalized spacial score (nSPS) is 14.1. The van der Waals surface area contributed by atoms with Crippen LogP contribution in [0.2, 0.25) is 0 Å². The summed E-state index contributed by atoms with van der Waals surface area (Å²) in [7, 11) is 0. The van der Waals surface area contributed by atoms with Gasteiger partial charge in [0, 0.05) is 0 Å². The summed E-state index contributed by atoms with van der Waals surface area (Å²) in [5.74, 6) is -0.953. The molecule has 0 heterocycles. The minimum Gasteiger partial charge on any atom is -0.480 e. The Hall–Kier alpha value is -1.02. The average Bonchev–Trinajstić information content (AvgIpc) is 2.39. The molecule has 0 saturated carbocycles. The number of benzene rings is 1. The lowest BCUT2D eigenvalue weighted by molar-refractivity contribution is -0.140. The second-order valence-corrected chi connectivity index (χ2v) is 5.28.